The van der Waals surface area contributed by atoms with Crippen LogP contribution in [0.25, 0.3) is 0 Å². The molecule has 0 saturated carbocycles. The molecule has 4 nitrogen and oxygen atoms in total. The monoisotopic (exact) mass is 238 g/mol. The summed E-state index contributed by atoms with van der Waals surface area (Å²) in [7, 11) is -3.67. The number of aliphatic hydroxyl groups excluding tert-OH is 1. The summed E-state index contributed by atoms with van der Waals surface area (Å²) in [5.41, 5.74) is 0. The third-order valence-corrected chi connectivity index (χ3v) is 0.733. The highest BCUT2D eigenvalue weighted by molar-refractivity contribution is 7.85. The summed E-state index contributed by atoms with van der Waals surface area (Å²) >= 11 is 0. The Bertz CT molecular complexity index is 315. The molecule has 1 rings (SSSR count). The normalized spacial score (nSPS) is 9.13. The van der Waals surface area contributed by atoms with Crippen molar-refractivity contribution < 1.29 is 22.5 Å². The summed E-state index contributed by atoms with van der Waals surface area (Å²) in [4.78, 5) is 0. The van der Waals surface area contributed by atoms with Crippen molar-refractivity contribution in [2.24, 2.45) is 0 Å². The molecule has 0 saturated heterocycles. The average Bonchev–Trinajstić information content (AvgIpc) is 2.03. The minimum atomic E-state index is -3.67. The van der Waals surface area contributed by atoms with Crippen molar-refractivity contribution in [3.8, 4) is 0 Å². The molecule has 0 bridgehead atoms. The molecule has 1 aromatic carbocycles. The number of halogens is 1. The second-order valence-electron chi connectivity index (χ2n) is 2.34. The van der Waals surface area contributed by atoms with Gasteiger partial charge in [-0.3, -0.25) is 4.55 Å². The van der Waals surface area contributed by atoms with Crippen LogP contribution in [0.3, 0.4) is 0 Å². The van der Waals surface area contributed by atoms with Crippen LogP contribution in [0.2, 0.25) is 0 Å². The second kappa shape index (κ2) is 9.57. The zero-order valence-electron chi connectivity index (χ0n) is 8.59. The lowest BCUT2D eigenvalue weighted by atomic mass is 10.4. The van der Waals surface area contributed by atoms with Crippen LogP contribution in [0, 0.1) is 5.82 Å². The lowest BCUT2D eigenvalue weighted by Gasteiger charge is -1.78. The standard InChI is InChI=1S/C6H5F.C2H6O.CH4O3S/c7-6-4-2-1-3-5-6;1-2-3;1-5(2,3)4/h1-5H;3H,2H2,1H3;1H3,(H,2,3,4). The molecule has 6 heteroatoms. The van der Waals surface area contributed by atoms with E-state index < -0.39 is 10.1 Å². The Hall–Kier alpha value is -0.980. The largest absolute Gasteiger partial charge is 0.397 e. The maximum atomic E-state index is 11.9. The van der Waals surface area contributed by atoms with Crippen molar-refractivity contribution in [3.63, 3.8) is 0 Å². The minimum Gasteiger partial charge on any atom is -0.397 e. The minimum absolute atomic E-state index is 0.178. The van der Waals surface area contributed by atoms with Crippen LogP contribution in [-0.4, -0.2) is 30.9 Å². The van der Waals surface area contributed by atoms with E-state index in [4.69, 9.17) is 9.66 Å². The van der Waals surface area contributed by atoms with Gasteiger partial charge in [0, 0.05) is 6.61 Å². The van der Waals surface area contributed by atoms with Gasteiger partial charge in [0.15, 0.2) is 0 Å². The molecule has 88 valence electrons. The molecule has 0 aromatic heterocycles. The molecule has 0 fully saturated rings. The predicted octanol–water partition coefficient (Wildman–Crippen LogP) is 1.33. The summed E-state index contributed by atoms with van der Waals surface area (Å²) in [6.45, 7) is 1.93. The maximum absolute atomic E-state index is 11.9. The molecular weight excluding hydrogens is 223 g/mol. The molecule has 2 N–H and O–H groups in total. The summed E-state index contributed by atoms with van der Waals surface area (Å²) in [5, 5.41) is 7.57. The van der Waals surface area contributed by atoms with Crippen molar-refractivity contribution in [1.29, 1.82) is 0 Å². The highest BCUT2D eigenvalue weighted by atomic mass is 32.2. The first-order valence-electron chi connectivity index (χ1n) is 4.05. The first-order valence-corrected chi connectivity index (χ1v) is 5.90. The molecular formula is C9H15FO4S. The highest BCUT2D eigenvalue weighted by Gasteiger charge is 1.81. The molecule has 0 amide bonds. The van der Waals surface area contributed by atoms with Gasteiger partial charge in [-0.05, 0) is 19.1 Å². The van der Waals surface area contributed by atoms with Gasteiger partial charge >= 0.3 is 0 Å². The Labute approximate surface area is 89.1 Å². The van der Waals surface area contributed by atoms with E-state index in [-0.39, 0.29) is 12.4 Å². The third kappa shape index (κ3) is 32.1. The Morgan fingerprint density at radius 1 is 1.27 bits per heavy atom. The van der Waals surface area contributed by atoms with Gasteiger partial charge in [-0.15, -0.1) is 0 Å². The number of hydrogen-bond acceptors (Lipinski definition) is 3. The van der Waals surface area contributed by atoms with Crippen molar-refractivity contribution in [3.05, 3.63) is 36.1 Å². The van der Waals surface area contributed by atoms with Gasteiger partial charge in [0.1, 0.15) is 5.82 Å². The molecule has 0 aliphatic carbocycles. The number of rotatable bonds is 0. The van der Waals surface area contributed by atoms with Gasteiger partial charge in [0.25, 0.3) is 10.1 Å². The maximum Gasteiger partial charge on any atom is 0.261 e. The van der Waals surface area contributed by atoms with E-state index in [1.165, 1.54) is 12.1 Å². The highest BCUT2D eigenvalue weighted by Crippen LogP contribution is 1.91. The molecule has 0 heterocycles. The molecule has 1 aromatic rings. The van der Waals surface area contributed by atoms with E-state index in [1.807, 2.05) is 0 Å². The summed E-state index contributed by atoms with van der Waals surface area (Å²) in [6.07, 6.45) is 0.715. The van der Waals surface area contributed by atoms with Crippen molar-refractivity contribution in [2.45, 2.75) is 6.92 Å². The SMILES string of the molecule is CCO.CS(=O)(=O)O.Fc1ccccc1. The Balaban J connectivity index is 0. The molecule has 0 atom stereocenters. The van der Waals surface area contributed by atoms with Gasteiger partial charge in [0.2, 0.25) is 0 Å². The molecule has 0 unspecified atom stereocenters. The van der Waals surface area contributed by atoms with Gasteiger partial charge in [-0.1, -0.05) is 18.2 Å². The average molecular weight is 238 g/mol. The number of aliphatic hydroxyl groups is 1. The van der Waals surface area contributed by atoms with Crippen LogP contribution < -0.4 is 0 Å². The van der Waals surface area contributed by atoms with Gasteiger partial charge in [-0.2, -0.15) is 8.42 Å². The fourth-order valence-electron chi connectivity index (χ4n) is 0.415. The Kier molecular flexibility index (Phi) is 10.5. The quantitative estimate of drug-likeness (QED) is 0.669. The van der Waals surface area contributed by atoms with Gasteiger partial charge in [0.05, 0.1) is 6.26 Å². The van der Waals surface area contributed by atoms with Gasteiger partial charge in [-0.25, -0.2) is 4.39 Å². The molecule has 0 spiro atoms. The Morgan fingerprint density at radius 3 is 1.67 bits per heavy atom. The molecule has 15 heavy (non-hydrogen) atoms. The summed E-state index contributed by atoms with van der Waals surface area (Å²) < 4.78 is 37.8. The van der Waals surface area contributed by atoms with E-state index >= 15 is 0 Å². The van der Waals surface area contributed by atoms with E-state index in [9.17, 15) is 12.8 Å². The molecule has 0 radical (unpaired) electrons. The van der Waals surface area contributed by atoms with Crippen molar-refractivity contribution >= 4 is 10.1 Å². The predicted molar refractivity (Wildman–Crippen MR) is 56.6 cm³/mol. The van der Waals surface area contributed by atoms with Crippen LogP contribution >= 0.6 is 0 Å². The zero-order valence-corrected chi connectivity index (χ0v) is 9.41. The van der Waals surface area contributed by atoms with E-state index in [0.717, 1.165) is 0 Å². The first kappa shape index (κ1) is 16.4. The molecule has 0 aliphatic heterocycles. The van der Waals surface area contributed by atoms with Crippen molar-refractivity contribution in [1.82, 2.24) is 0 Å². The fourth-order valence-corrected chi connectivity index (χ4v) is 0.415. The summed E-state index contributed by atoms with van der Waals surface area (Å²) in [5.74, 6) is -0.178. The van der Waals surface area contributed by atoms with Crippen molar-refractivity contribution in [2.75, 3.05) is 12.9 Å². The van der Waals surface area contributed by atoms with Crippen LogP contribution in [0.15, 0.2) is 30.3 Å². The van der Waals surface area contributed by atoms with Gasteiger partial charge < -0.3 is 5.11 Å². The van der Waals surface area contributed by atoms with E-state index in [1.54, 1.807) is 25.1 Å². The van der Waals surface area contributed by atoms with E-state index in [2.05, 4.69) is 0 Å². The lowest BCUT2D eigenvalue weighted by Crippen LogP contribution is -1.88. The smallest absolute Gasteiger partial charge is 0.261 e. The zero-order chi connectivity index (χ0) is 12.3. The fraction of sp³-hybridized carbons (Fsp3) is 0.333. The topological polar surface area (TPSA) is 74.6 Å². The number of benzene rings is 1. The third-order valence-electron chi connectivity index (χ3n) is 0.733. The first-order chi connectivity index (χ1) is 6.81. The molecule has 0 aliphatic rings. The lowest BCUT2D eigenvalue weighted by molar-refractivity contribution is 0.318. The number of hydrogen-bond donors (Lipinski definition) is 2. The summed E-state index contributed by atoms with van der Waals surface area (Å²) in [6, 6.07) is 7.94. The Morgan fingerprint density at radius 2 is 1.53 bits per heavy atom. The van der Waals surface area contributed by atoms with Crippen LogP contribution in [0.4, 0.5) is 4.39 Å². The van der Waals surface area contributed by atoms with Crippen LogP contribution in [0.1, 0.15) is 6.92 Å². The van der Waals surface area contributed by atoms with Crippen LogP contribution in [0.5, 0.6) is 0 Å². The van der Waals surface area contributed by atoms with Crippen LogP contribution in [-0.2, 0) is 10.1 Å². The van der Waals surface area contributed by atoms with E-state index in [0.29, 0.717) is 6.26 Å². The second-order valence-corrected chi connectivity index (χ2v) is 3.81.